The Kier molecular flexibility index (Phi) is 10.5. The van der Waals surface area contributed by atoms with Crippen molar-refractivity contribution in [3.8, 4) is 0 Å². The molecule has 0 aromatic carbocycles. The van der Waals surface area contributed by atoms with Crippen molar-refractivity contribution in [2.75, 3.05) is 19.8 Å². The van der Waals surface area contributed by atoms with Crippen LogP contribution in [0.15, 0.2) is 11.6 Å². The second-order valence-corrected chi connectivity index (χ2v) is 2.95. The molecule has 6 N–H and O–H groups in total. The number of hydrogen-bond acceptors (Lipinski definition) is 4. The zero-order valence-electron chi connectivity index (χ0n) is 8.77. The molecule has 90 valence electrons. The molecule has 0 aromatic rings. The highest BCUT2D eigenvalue weighted by molar-refractivity contribution is 5.91. The maximum absolute atomic E-state index is 10.6. The predicted octanol–water partition coefficient (Wildman–Crippen LogP) is -1.65. The minimum Gasteiger partial charge on any atom is -0.412 e. The molecule has 0 bridgehead atoms. The lowest BCUT2D eigenvalue weighted by molar-refractivity contribution is -0.114. The largest absolute Gasteiger partial charge is 0.412 e. The molecule has 0 aliphatic rings. The third-order valence-corrected chi connectivity index (χ3v) is 1.62. The van der Waals surface area contributed by atoms with Gasteiger partial charge in [0.25, 0.3) is 0 Å². The summed E-state index contributed by atoms with van der Waals surface area (Å²) in [6.07, 6.45) is 1.40. The molecule has 0 saturated carbocycles. The lowest BCUT2D eigenvalue weighted by Gasteiger charge is -2.06. The lowest BCUT2D eigenvalue weighted by Crippen LogP contribution is -2.19. The maximum atomic E-state index is 10.6. The number of aliphatic hydroxyl groups is 2. The van der Waals surface area contributed by atoms with Crippen LogP contribution in [0.2, 0.25) is 0 Å². The van der Waals surface area contributed by atoms with Crippen molar-refractivity contribution in [2.45, 2.75) is 19.4 Å². The standard InChI is InChI=1S/C9H17NO4.H2O/c1-7(9(10)13)3-2-4-14-6-8(12)5-11;/h3,8,11-12H,2,4-6H2,1H3,(H2,10,13);1H2. The van der Waals surface area contributed by atoms with Crippen LogP contribution < -0.4 is 5.73 Å². The molecule has 0 aliphatic heterocycles. The molecular formula is C9H19NO5. The summed E-state index contributed by atoms with van der Waals surface area (Å²) < 4.78 is 5.01. The first-order valence-corrected chi connectivity index (χ1v) is 4.41. The van der Waals surface area contributed by atoms with Crippen molar-refractivity contribution >= 4 is 5.91 Å². The van der Waals surface area contributed by atoms with E-state index in [1.54, 1.807) is 13.0 Å². The smallest absolute Gasteiger partial charge is 0.244 e. The topological polar surface area (TPSA) is 124 Å². The van der Waals surface area contributed by atoms with E-state index in [0.29, 0.717) is 18.6 Å². The summed E-state index contributed by atoms with van der Waals surface area (Å²) in [7, 11) is 0. The minimum absolute atomic E-state index is 0. The molecule has 1 atom stereocenters. The third-order valence-electron chi connectivity index (χ3n) is 1.62. The molecule has 1 unspecified atom stereocenters. The van der Waals surface area contributed by atoms with Crippen LogP contribution in [-0.4, -0.2) is 47.5 Å². The highest BCUT2D eigenvalue weighted by Gasteiger charge is 2.00. The molecule has 6 nitrogen and oxygen atoms in total. The van der Waals surface area contributed by atoms with E-state index in [-0.39, 0.29) is 18.7 Å². The number of carbonyl (C=O) groups excluding carboxylic acids is 1. The van der Waals surface area contributed by atoms with Gasteiger partial charge >= 0.3 is 0 Å². The molecule has 0 rings (SSSR count). The zero-order valence-corrected chi connectivity index (χ0v) is 8.77. The molecule has 0 spiro atoms. The van der Waals surface area contributed by atoms with Gasteiger partial charge in [0.2, 0.25) is 5.91 Å². The van der Waals surface area contributed by atoms with E-state index >= 15 is 0 Å². The van der Waals surface area contributed by atoms with Crippen LogP contribution in [0.5, 0.6) is 0 Å². The number of amides is 1. The van der Waals surface area contributed by atoms with Gasteiger partial charge in [-0.3, -0.25) is 4.79 Å². The molecule has 0 aromatic heterocycles. The Bertz CT molecular complexity index is 205. The van der Waals surface area contributed by atoms with Crippen LogP contribution in [0, 0.1) is 0 Å². The quantitative estimate of drug-likeness (QED) is 0.352. The van der Waals surface area contributed by atoms with Crippen molar-refractivity contribution in [3.63, 3.8) is 0 Å². The summed E-state index contributed by atoms with van der Waals surface area (Å²) in [5, 5.41) is 17.3. The monoisotopic (exact) mass is 221 g/mol. The lowest BCUT2D eigenvalue weighted by atomic mass is 10.2. The molecule has 0 radical (unpaired) electrons. The number of rotatable bonds is 7. The van der Waals surface area contributed by atoms with E-state index in [2.05, 4.69) is 0 Å². The van der Waals surface area contributed by atoms with Gasteiger partial charge in [-0.05, 0) is 13.3 Å². The predicted molar refractivity (Wildman–Crippen MR) is 55.1 cm³/mol. The van der Waals surface area contributed by atoms with Crippen LogP contribution in [0.4, 0.5) is 0 Å². The van der Waals surface area contributed by atoms with Gasteiger partial charge in [0.15, 0.2) is 0 Å². The molecule has 6 heteroatoms. The Morgan fingerprint density at radius 1 is 1.60 bits per heavy atom. The molecule has 0 saturated heterocycles. The summed E-state index contributed by atoms with van der Waals surface area (Å²) >= 11 is 0. The van der Waals surface area contributed by atoms with Crippen LogP contribution in [0.3, 0.4) is 0 Å². The minimum atomic E-state index is -0.837. The summed E-state index contributed by atoms with van der Waals surface area (Å²) in [5.74, 6) is -0.444. The van der Waals surface area contributed by atoms with Gasteiger partial charge in [-0.25, -0.2) is 0 Å². The SMILES string of the molecule is CC(=CCCOCC(O)CO)C(N)=O.O. The Morgan fingerprint density at radius 3 is 2.67 bits per heavy atom. The number of ether oxygens (including phenoxy) is 1. The van der Waals surface area contributed by atoms with Crippen LogP contribution in [0.25, 0.3) is 0 Å². The van der Waals surface area contributed by atoms with Crippen molar-refractivity contribution in [3.05, 3.63) is 11.6 Å². The fourth-order valence-corrected chi connectivity index (χ4v) is 0.731. The van der Waals surface area contributed by atoms with Gasteiger partial charge in [0, 0.05) is 5.57 Å². The molecular weight excluding hydrogens is 202 g/mol. The number of nitrogens with two attached hydrogens (primary N) is 1. The van der Waals surface area contributed by atoms with E-state index in [4.69, 9.17) is 20.7 Å². The van der Waals surface area contributed by atoms with Crippen LogP contribution >= 0.6 is 0 Å². The first-order chi connectivity index (χ1) is 6.57. The Morgan fingerprint density at radius 2 is 2.20 bits per heavy atom. The van der Waals surface area contributed by atoms with Crippen molar-refractivity contribution in [1.82, 2.24) is 0 Å². The van der Waals surface area contributed by atoms with Crippen molar-refractivity contribution in [1.29, 1.82) is 0 Å². The highest BCUT2D eigenvalue weighted by Crippen LogP contribution is 1.95. The second kappa shape index (κ2) is 9.60. The number of carbonyl (C=O) groups is 1. The van der Waals surface area contributed by atoms with Crippen LogP contribution in [0.1, 0.15) is 13.3 Å². The van der Waals surface area contributed by atoms with E-state index in [1.165, 1.54) is 0 Å². The highest BCUT2D eigenvalue weighted by atomic mass is 16.5. The van der Waals surface area contributed by atoms with Gasteiger partial charge < -0.3 is 26.2 Å². The van der Waals surface area contributed by atoms with Gasteiger partial charge in [0.1, 0.15) is 6.10 Å². The molecule has 15 heavy (non-hydrogen) atoms. The van der Waals surface area contributed by atoms with Crippen molar-refractivity contribution in [2.24, 2.45) is 5.73 Å². The summed E-state index contributed by atoms with van der Waals surface area (Å²) in [5.41, 5.74) is 5.50. The van der Waals surface area contributed by atoms with E-state index < -0.39 is 12.0 Å². The van der Waals surface area contributed by atoms with E-state index in [9.17, 15) is 4.79 Å². The summed E-state index contributed by atoms with van der Waals surface area (Å²) in [6, 6.07) is 0. The van der Waals surface area contributed by atoms with Crippen LogP contribution in [-0.2, 0) is 9.53 Å². The Balaban J connectivity index is 0. The second-order valence-electron chi connectivity index (χ2n) is 2.95. The average molecular weight is 221 g/mol. The van der Waals surface area contributed by atoms with E-state index in [0.717, 1.165) is 0 Å². The van der Waals surface area contributed by atoms with Gasteiger partial charge in [-0.15, -0.1) is 0 Å². The molecule has 0 aliphatic carbocycles. The third kappa shape index (κ3) is 9.36. The number of hydrogen-bond donors (Lipinski definition) is 3. The average Bonchev–Trinajstić information content (AvgIpc) is 2.16. The summed E-state index contributed by atoms with van der Waals surface area (Å²) in [6.45, 7) is 1.81. The Hall–Kier alpha value is -0.950. The zero-order chi connectivity index (χ0) is 11.0. The fraction of sp³-hybridized carbons (Fsp3) is 0.667. The maximum Gasteiger partial charge on any atom is 0.244 e. The van der Waals surface area contributed by atoms with Gasteiger partial charge in [0.05, 0.1) is 19.8 Å². The number of primary amides is 1. The first kappa shape index (κ1) is 16.5. The summed E-state index contributed by atoms with van der Waals surface area (Å²) in [4.78, 5) is 10.6. The van der Waals surface area contributed by atoms with Gasteiger partial charge in [-0.2, -0.15) is 0 Å². The molecule has 0 heterocycles. The van der Waals surface area contributed by atoms with Crippen molar-refractivity contribution < 1.29 is 25.2 Å². The Labute approximate surface area is 88.7 Å². The molecule has 1 amide bonds. The normalized spacial score (nSPS) is 13.1. The number of aliphatic hydroxyl groups excluding tert-OH is 2. The molecule has 0 fully saturated rings. The van der Waals surface area contributed by atoms with Gasteiger partial charge in [-0.1, -0.05) is 6.08 Å². The fourth-order valence-electron chi connectivity index (χ4n) is 0.731. The first-order valence-electron chi connectivity index (χ1n) is 4.41. The van der Waals surface area contributed by atoms with E-state index in [1.807, 2.05) is 0 Å².